The van der Waals surface area contributed by atoms with Crippen molar-refractivity contribution in [2.45, 2.75) is 0 Å². The average Bonchev–Trinajstić information content (AvgIpc) is 2.76. The topological polar surface area (TPSA) is 125 Å². The van der Waals surface area contributed by atoms with Gasteiger partial charge in [-0.1, -0.05) is 0 Å². The Balaban J connectivity index is 2.32. The molecule has 0 bridgehead atoms. The monoisotopic (exact) mass is 418 g/mol. The number of carbonyl (C=O) groups excluding carboxylic acids is 1. The van der Waals surface area contributed by atoms with Crippen LogP contribution in [0, 0.1) is 0 Å². The van der Waals surface area contributed by atoms with E-state index in [1.165, 1.54) is 66.0 Å². The summed E-state index contributed by atoms with van der Waals surface area (Å²) in [6, 6.07) is 5.95. The van der Waals surface area contributed by atoms with Gasteiger partial charge < -0.3 is 28.8 Å². The van der Waals surface area contributed by atoms with Gasteiger partial charge in [0.1, 0.15) is 5.56 Å². The molecule has 2 aromatic rings. The maximum Gasteiger partial charge on any atom is 0.340 e. The van der Waals surface area contributed by atoms with Crippen molar-refractivity contribution in [2.75, 3.05) is 35.5 Å². The SMILES string of the molecule is COc1cc(C(=O)N/N=C\c2ccc(OC)c(OC)c2C(=O)O)cc(OC)c1OC. The molecule has 2 rings (SSSR count). The van der Waals surface area contributed by atoms with E-state index in [0.717, 1.165) is 0 Å². The van der Waals surface area contributed by atoms with Crippen LogP contribution in [0.25, 0.3) is 0 Å². The zero-order valence-electron chi connectivity index (χ0n) is 17.1. The molecule has 0 aromatic heterocycles. The molecule has 10 heteroatoms. The summed E-state index contributed by atoms with van der Waals surface area (Å²) in [7, 11) is 7.04. The van der Waals surface area contributed by atoms with Crippen LogP contribution in [-0.4, -0.2) is 58.7 Å². The third-order valence-corrected chi connectivity index (χ3v) is 4.09. The van der Waals surface area contributed by atoms with Crippen LogP contribution in [0.15, 0.2) is 29.4 Å². The highest BCUT2D eigenvalue weighted by Crippen LogP contribution is 2.38. The molecule has 10 nitrogen and oxygen atoms in total. The molecule has 0 aliphatic heterocycles. The van der Waals surface area contributed by atoms with Crippen LogP contribution in [0.2, 0.25) is 0 Å². The summed E-state index contributed by atoms with van der Waals surface area (Å²) in [5.74, 6) is -0.543. The molecule has 0 atom stereocenters. The molecule has 2 aromatic carbocycles. The molecule has 0 saturated carbocycles. The van der Waals surface area contributed by atoms with E-state index in [1.54, 1.807) is 0 Å². The smallest absolute Gasteiger partial charge is 0.340 e. The Morgan fingerprint density at radius 3 is 1.90 bits per heavy atom. The quantitative estimate of drug-likeness (QED) is 0.469. The standard InChI is InChI=1S/C20H22N2O8/c1-26-13-7-6-11(16(20(24)25)18(13)30-5)10-21-22-19(23)12-8-14(27-2)17(29-4)15(9-12)28-3/h6-10H,1-5H3,(H,22,23)(H,24,25)/b21-10-. The minimum absolute atomic E-state index is 0.0462. The Hall–Kier alpha value is -3.95. The normalized spacial score (nSPS) is 10.4. The highest BCUT2D eigenvalue weighted by molar-refractivity contribution is 6.02. The first kappa shape index (κ1) is 22.3. The van der Waals surface area contributed by atoms with E-state index < -0.39 is 11.9 Å². The fourth-order valence-electron chi connectivity index (χ4n) is 2.71. The molecular weight excluding hydrogens is 396 g/mol. The summed E-state index contributed by atoms with van der Waals surface area (Å²) < 4.78 is 25.9. The lowest BCUT2D eigenvalue weighted by molar-refractivity contribution is 0.0692. The van der Waals surface area contributed by atoms with Gasteiger partial charge >= 0.3 is 5.97 Å². The van der Waals surface area contributed by atoms with Crippen LogP contribution in [-0.2, 0) is 0 Å². The number of carboxylic acid groups (broad SMARTS) is 1. The second-order valence-corrected chi connectivity index (χ2v) is 5.68. The zero-order valence-corrected chi connectivity index (χ0v) is 17.1. The molecule has 0 spiro atoms. The van der Waals surface area contributed by atoms with Crippen LogP contribution < -0.4 is 29.1 Å². The number of ether oxygens (including phenoxy) is 5. The Morgan fingerprint density at radius 1 is 0.867 bits per heavy atom. The van der Waals surface area contributed by atoms with Gasteiger partial charge in [-0.25, -0.2) is 10.2 Å². The van der Waals surface area contributed by atoms with Gasteiger partial charge in [0.2, 0.25) is 5.75 Å². The molecule has 0 aliphatic carbocycles. The van der Waals surface area contributed by atoms with Crippen LogP contribution in [0.4, 0.5) is 0 Å². The molecular formula is C20H22N2O8. The van der Waals surface area contributed by atoms with Crippen molar-refractivity contribution in [3.8, 4) is 28.7 Å². The molecule has 2 N–H and O–H groups in total. The molecule has 160 valence electrons. The van der Waals surface area contributed by atoms with E-state index in [4.69, 9.17) is 23.7 Å². The molecule has 1 amide bonds. The lowest BCUT2D eigenvalue weighted by Crippen LogP contribution is -2.18. The van der Waals surface area contributed by atoms with E-state index in [1.807, 2.05) is 0 Å². The predicted molar refractivity (Wildman–Crippen MR) is 108 cm³/mol. The fraction of sp³-hybridized carbons (Fsp3) is 0.250. The molecule has 0 radical (unpaired) electrons. The van der Waals surface area contributed by atoms with Crippen LogP contribution in [0.3, 0.4) is 0 Å². The lowest BCUT2D eigenvalue weighted by atomic mass is 10.1. The number of nitrogens with one attached hydrogen (secondary N) is 1. The first-order valence-electron chi connectivity index (χ1n) is 8.53. The summed E-state index contributed by atoms with van der Waals surface area (Å²) >= 11 is 0. The summed E-state index contributed by atoms with van der Waals surface area (Å²) in [6.45, 7) is 0. The van der Waals surface area contributed by atoms with Crippen molar-refractivity contribution >= 4 is 18.1 Å². The van der Waals surface area contributed by atoms with Crippen LogP contribution >= 0.6 is 0 Å². The van der Waals surface area contributed by atoms with Crippen LogP contribution in [0.1, 0.15) is 26.3 Å². The van der Waals surface area contributed by atoms with Gasteiger partial charge in [-0.3, -0.25) is 4.79 Å². The summed E-state index contributed by atoms with van der Waals surface area (Å²) in [6.07, 6.45) is 1.20. The Labute approximate surface area is 173 Å². The number of hydrogen-bond donors (Lipinski definition) is 2. The van der Waals surface area contributed by atoms with Gasteiger partial charge in [-0.2, -0.15) is 5.10 Å². The van der Waals surface area contributed by atoms with Crippen molar-refractivity contribution in [3.63, 3.8) is 0 Å². The average molecular weight is 418 g/mol. The van der Waals surface area contributed by atoms with E-state index in [2.05, 4.69) is 10.5 Å². The minimum atomic E-state index is -1.23. The van der Waals surface area contributed by atoms with E-state index in [9.17, 15) is 14.7 Å². The van der Waals surface area contributed by atoms with Crippen molar-refractivity contribution in [1.29, 1.82) is 0 Å². The number of aromatic carboxylic acids is 1. The Kier molecular flexibility index (Phi) is 7.45. The number of carbonyl (C=O) groups is 2. The van der Waals surface area contributed by atoms with Gasteiger partial charge in [-0.15, -0.1) is 0 Å². The van der Waals surface area contributed by atoms with Gasteiger partial charge in [0.15, 0.2) is 23.0 Å². The lowest BCUT2D eigenvalue weighted by Gasteiger charge is -2.13. The largest absolute Gasteiger partial charge is 0.493 e. The number of rotatable bonds is 9. The number of hydrazone groups is 1. The highest BCUT2D eigenvalue weighted by Gasteiger charge is 2.20. The number of benzene rings is 2. The Morgan fingerprint density at radius 2 is 1.43 bits per heavy atom. The molecule has 0 heterocycles. The van der Waals surface area contributed by atoms with Gasteiger partial charge in [0.25, 0.3) is 5.91 Å². The molecule has 0 fully saturated rings. The number of amides is 1. The number of nitrogens with zero attached hydrogens (tertiary/aromatic N) is 1. The molecule has 0 unspecified atom stereocenters. The van der Waals surface area contributed by atoms with Crippen molar-refractivity contribution in [3.05, 3.63) is 41.0 Å². The van der Waals surface area contributed by atoms with Gasteiger partial charge in [-0.05, 0) is 24.3 Å². The number of methoxy groups -OCH3 is 5. The minimum Gasteiger partial charge on any atom is -0.493 e. The zero-order chi connectivity index (χ0) is 22.3. The molecule has 30 heavy (non-hydrogen) atoms. The van der Waals surface area contributed by atoms with E-state index >= 15 is 0 Å². The van der Waals surface area contributed by atoms with E-state index in [-0.39, 0.29) is 28.2 Å². The first-order valence-corrected chi connectivity index (χ1v) is 8.53. The maximum atomic E-state index is 12.5. The maximum absolute atomic E-state index is 12.5. The van der Waals surface area contributed by atoms with Crippen molar-refractivity contribution < 1.29 is 38.4 Å². The Bertz CT molecular complexity index is 947. The first-order chi connectivity index (χ1) is 14.4. The second-order valence-electron chi connectivity index (χ2n) is 5.68. The summed E-state index contributed by atoms with van der Waals surface area (Å²) in [5, 5.41) is 13.4. The molecule has 0 saturated heterocycles. The van der Waals surface area contributed by atoms with E-state index in [0.29, 0.717) is 17.2 Å². The van der Waals surface area contributed by atoms with Gasteiger partial charge in [0, 0.05) is 11.1 Å². The van der Waals surface area contributed by atoms with Crippen molar-refractivity contribution in [1.82, 2.24) is 5.43 Å². The van der Waals surface area contributed by atoms with Crippen molar-refractivity contribution in [2.24, 2.45) is 5.10 Å². The summed E-state index contributed by atoms with van der Waals surface area (Å²) in [4.78, 5) is 24.1. The fourth-order valence-corrected chi connectivity index (χ4v) is 2.71. The highest BCUT2D eigenvalue weighted by atomic mass is 16.5. The third-order valence-electron chi connectivity index (χ3n) is 4.09. The predicted octanol–water partition coefficient (Wildman–Crippen LogP) is 2.19. The number of carboxylic acids is 1. The third kappa shape index (κ3) is 4.54. The second kappa shape index (κ2) is 10.0. The molecule has 0 aliphatic rings. The van der Waals surface area contributed by atoms with Crippen LogP contribution in [0.5, 0.6) is 28.7 Å². The number of hydrogen-bond acceptors (Lipinski definition) is 8. The summed E-state index contributed by atoms with van der Waals surface area (Å²) in [5.41, 5.74) is 2.60. The van der Waals surface area contributed by atoms with Gasteiger partial charge in [0.05, 0.1) is 41.8 Å².